The Labute approximate surface area is 103 Å². The normalized spacial score (nSPS) is 36.9. The summed E-state index contributed by atoms with van der Waals surface area (Å²) >= 11 is 0. The Morgan fingerprint density at radius 2 is 2.00 bits per heavy atom. The summed E-state index contributed by atoms with van der Waals surface area (Å²) in [6.45, 7) is 1.35. The lowest BCUT2D eigenvalue weighted by molar-refractivity contribution is 0.0286. The van der Waals surface area contributed by atoms with Gasteiger partial charge >= 0.3 is 0 Å². The molecule has 0 bridgehead atoms. The molecule has 4 nitrogen and oxygen atoms in total. The molecule has 4 unspecified atom stereocenters. The summed E-state index contributed by atoms with van der Waals surface area (Å²) in [6.07, 6.45) is 5.06. The Morgan fingerprint density at radius 1 is 1.24 bits per heavy atom. The van der Waals surface area contributed by atoms with Gasteiger partial charge in [0.15, 0.2) is 0 Å². The van der Waals surface area contributed by atoms with Crippen LogP contribution < -0.4 is 0 Å². The fourth-order valence-corrected chi connectivity index (χ4v) is 4.28. The second kappa shape index (κ2) is 5.24. The van der Waals surface area contributed by atoms with Crippen LogP contribution >= 0.6 is 0 Å². The van der Waals surface area contributed by atoms with Crippen molar-refractivity contribution in [1.82, 2.24) is 0 Å². The predicted octanol–water partition coefficient (Wildman–Crippen LogP) is 0.987. The molecule has 0 aromatic heterocycles. The fraction of sp³-hybridized carbons (Fsp3) is 1.00. The molecule has 100 valence electrons. The van der Waals surface area contributed by atoms with Crippen molar-refractivity contribution in [2.45, 2.75) is 43.5 Å². The summed E-state index contributed by atoms with van der Waals surface area (Å²) in [6, 6.07) is 0. The van der Waals surface area contributed by atoms with Crippen molar-refractivity contribution in [1.29, 1.82) is 0 Å². The minimum absolute atomic E-state index is 0.134. The number of sulfone groups is 1. The maximum absolute atomic E-state index is 11.6. The largest absolute Gasteiger partial charge is 0.392 e. The molecule has 4 atom stereocenters. The van der Waals surface area contributed by atoms with Gasteiger partial charge in [0.1, 0.15) is 9.84 Å². The van der Waals surface area contributed by atoms with Crippen LogP contribution in [0.25, 0.3) is 0 Å². The number of hydrogen-bond donors (Lipinski definition) is 1. The van der Waals surface area contributed by atoms with E-state index in [1.165, 1.54) is 6.26 Å². The first-order valence-electron chi connectivity index (χ1n) is 6.43. The van der Waals surface area contributed by atoms with Crippen LogP contribution in [0.1, 0.15) is 32.1 Å². The maximum Gasteiger partial charge on any atom is 0.150 e. The summed E-state index contributed by atoms with van der Waals surface area (Å²) < 4.78 is 28.4. The van der Waals surface area contributed by atoms with Gasteiger partial charge in [0, 0.05) is 18.8 Å². The molecular formula is C12H22O4S. The molecule has 1 aliphatic carbocycles. The van der Waals surface area contributed by atoms with Crippen LogP contribution in [0, 0.1) is 11.8 Å². The highest BCUT2D eigenvalue weighted by molar-refractivity contribution is 7.91. The summed E-state index contributed by atoms with van der Waals surface area (Å²) in [4.78, 5) is 0. The van der Waals surface area contributed by atoms with Gasteiger partial charge in [0.05, 0.1) is 18.0 Å². The standard InChI is InChI=1S/C12H22O4S/c1-17(14,15)11-4-2-3-9(7-11)12(13)10-5-6-16-8-10/h9-13H,2-8H2,1H3. The van der Waals surface area contributed by atoms with Crippen molar-refractivity contribution < 1.29 is 18.3 Å². The second-order valence-corrected chi connectivity index (χ2v) is 7.82. The van der Waals surface area contributed by atoms with Crippen LogP contribution in [-0.4, -0.2) is 44.3 Å². The highest BCUT2D eigenvalue weighted by atomic mass is 32.2. The van der Waals surface area contributed by atoms with E-state index in [-0.39, 0.29) is 23.2 Å². The minimum atomic E-state index is -2.96. The van der Waals surface area contributed by atoms with Crippen molar-refractivity contribution in [2.75, 3.05) is 19.5 Å². The summed E-state index contributed by atoms with van der Waals surface area (Å²) in [7, 11) is -2.96. The third kappa shape index (κ3) is 3.20. The summed E-state index contributed by atoms with van der Waals surface area (Å²) in [5.41, 5.74) is 0. The topological polar surface area (TPSA) is 63.6 Å². The molecule has 1 N–H and O–H groups in total. The lowest BCUT2D eigenvalue weighted by Crippen LogP contribution is -2.37. The van der Waals surface area contributed by atoms with E-state index in [1.54, 1.807) is 0 Å². The molecule has 2 aliphatic rings. The molecule has 1 heterocycles. The van der Waals surface area contributed by atoms with Gasteiger partial charge in [-0.15, -0.1) is 0 Å². The van der Waals surface area contributed by atoms with Crippen LogP contribution in [0.5, 0.6) is 0 Å². The van der Waals surface area contributed by atoms with Crippen molar-refractivity contribution in [3.8, 4) is 0 Å². The van der Waals surface area contributed by atoms with Crippen molar-refractivity contribution >= 4 is 9.84 Å². The maximum atomic E-state index is 11.6. The van der Waals surface area contributed by atoms with E-state index in [0.717, 1.165) is 32.3 Å². The quantitative estimate of drug-likeness (QED) is 0.824. The molecule has 1 saturated carbocycles. The van der Waals surface area contributed by atoms with Gasteiger partial charge < -0.3 is 9.84 Å². The Morgan fingerprint density at radius 3 is 2.59 bits per heavy atom. The van der Waals surface area contributed by atoms with Crippen LogP contribution in [0.4, 0.5) is 0 Å². The molecule has 0 radical (unpaired) electrons. The van der Waals surface area contributed by atoms with Crippen LogP contribution in [0.15, 0.2) is 0 Å². The van der Waals surface area contributed by atoms with Gasteiger partial charge in [-0.25, -0.2) is 8.42 Å². The van der Waals surface area contributed by atoms with Crippen LogP contribution in [0.2, 0.25) is 0 Å². The molecule has 0 amide bonds. The van der Waals surface area contributed by atoms with E-state index in [2.05, 4.69) is 0 Å². The zero-order chi connectivity index (χ0) is 12.5. The second-order valence-electron chi connectivity index (χ2n) is 5.49. The first-order valence-corrected chi connectivity index (χ1v) is 8.38. The van der Waals surface area contributed by atoms with Crippen molar-refractivity contribution in [2.24, 2.45) is 11.8 Å². The van der Waals surface area contributed by atoms with Crippen molar-refractivity contribution in [3.63, 3.8) is 0 Å². The van der Waals surface area contributed by atoms with Gasteiger partial charge in [0.2, 0.25) is 0 Å². The molecule has 0 aromatic carbocycles. The van der Waals surface area contributed by atoms with Crippen molar-refractivity contribution in [3.05, 3.63) is 0 Å². The first-order chi connectivity index (χ1) is 7.98. The van der Waals surface area contributed by atoms with E-state index in [0.29, 0.717) is 13.0 Å². The lowest BCUT2D eigenvalue weighted by atomic mass is 9.80. The molecule has 5 heteroatoms. The third-order valence-corrected chi connectivity index (χ3v) is 5.84. The van der Waals surface area contributed by atoms with Gasteiger partial charge in [-0.05, 0) is 31.6 Å². The molecule has 0 aromatic rings. The van der Waals surface area contributed by atoms with Gasteiger partial charge in [-0.3, -0.25) is 0 Å². The summed E-state index contributed by atoms with van der Waals surface area (Å²) in [5.74, 6) is 0.341. The first kappa shape index (κ1) is 13.3. The number of aliphatic hydroxyl groups is 1. The minimum Gasteiger partial charge on any atom is -0.392 e. The SMILES string of the molecule is CS(=O)(=O)C1CCCC(C(O)C2CCOC2)C1. The monoisotopic (exact) mass is 262 g/mol. The fourth-order valence-electron chi connectivity index (χ4n) is 3.09. The number of rotatable bonds is 3. The molecule has 17 heavy (non-hydrogen) atoms. The Bertz CT molecular complexity index is 346. The van der Waals surface area contributed by atoms with E-state index < -0.39 is 9.84 Å². The average Bonchev–Trinajstić information content (AvgIpc) is 2.80. The number of hydrogen-bond acceptors (Lipinski definition) is 4. The van der Waals surface area contributed by atoms with Crippen LogP contribution in [0.3, 0.4) is 0 Å². The number of ether oxygens (including phenoxy) is 1. The Balaban J connectivity index is 1.96. The van der Waals surface area contributed by atoms with Crippen LogP contribution in [-0.2, 0) is 14.6 Å². The van der Waals surface area contributed by atoms with Gasteiger partial charge in [-0.2, -0.15) is 0 Å². The molecule has 2 rings (SSSR count). The molecule has 0 spiro atoms. The molecule has 1 saturated heterocycles. The molecular weight excluding hydrogens is 240 g/mol. The number of aliphatic hydroxyl groups excluding tert-OH is 1. The van der Waals surface area contributed by atoms with E-state index >= 15 is 0 Å². The van der Waals surface area contributed by atoms with Gasteiger partial charge in [0.25, 0.3) is 0 Å². The molecule has 1 aliphatic heterocycles. The Hall–Kier alpha value is -0.130. The highest BCUT2D eigenvalue weighted by Gasteiger charge is 2.36. The van der Waals surface area contributed by atoms with E-state index in [1.807, 2.05) is 0 Å². The predicted molar refractivity (Wildman–Crippen MR) is 65.5 cm³/mol. The lowest BCUT2D eigenvalue weighted by Gasteiger charge is -2.33. The zero-order valence-corrected chi connectivity index (χ0v) is 11.2. The highest BCUT2D eigenvalue weighted by Crippen LogP contribution is 2.34. The van der Waals surface area contributed by atoms with E-state index in [4.69, 9.17) is 4.74 Å². The summed E-state index contributed by atoms with van der Waals surface area (Å²) in [5, 5.41) is 10.0. The molecule has 2 fully saturated rings. The average molecular weight is 262 g/mol. The smallest absolute Gasteiger partial charge is 0.150 e. The zero-order valence-electron chi connectivity index (χ0n) is 10.3. The third-order valence-electron chi connectivity index (χ3n) is 4.20. The Kier molecular flexibility index (Phi) is 4.10. The van der Waals surface area contributed by atoms with Gasteiger partial charge in [-0.1, -0.05) is 6.42 Å². The van der Waals surface area contributed by atoms with E-state index in [9.17, 15) is 13.5 Å².